The summed E-state index contributed by atoms with van der Waals surface area (Å²) in [6, 6.07) is 0. The van der Waals surface area contributed by atoms with Gasteiger partial charge in [0.25, 0.3) is 0 Å². The number of hydrogen-bond acceptors (Lipinski definition) is 10. The summed E-state index contributed by atoms with van der Waals surface area (Å²) < 4.78 is 10.7. The van der Waals surface area contributed by atoms with E-state index in [0.29, 0.717) is 19.4 Å². The fourth-order valence-electron chi connectivity index (χ4n) is 2.69. The zero-order valence-electron chi connectivity index (χ0n) is 14.4. The van der Waals surface area contributed by atoms with Gasteiger partial charge in [0.2, 0.25) is 0 Å². The van der Waals surface area contributed by atoms with E-state index in [-0.39, 0.29) is 19.8 Å². The maximum Gasteiger partial charge on any atom is 0.127 e. The molecule has 152 valence electrons. The number of rotatable bonds is 16. The topological polar surface area (TPSA) is 180 Å². The summed E-state index contributed by atoms with van der Waals surface area (Å²) >= 11 is 0. The minimum absolute atomic E-state index is 0.00502. The molecule has 0 amide bonds. The molecule has 0 aromatic rings. The highest BCUT2D eigenvalue weighted by atomic mass is 16.5. The lowest BCUT2D eigenvalue weighted by molar-refractivity contribution is -0.285. The van der Waals surface area contributed by atoms with E-state index in [2.05, 4.69) is 0 Å². The third kappa shape index (κ3) is 5.30. The highest BCUT2D eigenvalue weighted by Crippen LogP contribution is 2.43. The summed E-state index contributed by atoms with van der Waals surface area (Å²) in [6.45, 7) is -5.25. The summed E-state index contributed by atoms with van der Waals surface area (Å²) in [7, 11) is 0. The van der Waals surface area contributed by atoms with Crippen molar-refractivity contribution < 1.29 is 50.3 Å². The maximum absolute atomic E-state index is 10.5. The fraction of sp³-hybridized carbons (Fsp3) is 1.00. The minimum atomic E-state index is -2.42. The van der Waals surface area contributed by atoms with Gasteiger partial charge in [-0.1, -0.05) is 0 Å². The van der Waals surface area contributed by atoms with Crippen LogP contribution in [0.2, 0.25) is 0 Å². The van der Waals surface area contributed by atoms with E-state index in [1.54, 1.807) is 0 Å². The predicted octanol–water partition coefficient (Wildman–Crippen LogP) is -3.80. The lowest BCUT2D eigenvalue weighted by atomic mass is 9.62. The summed E-state index contributed by atoms with van der Waals surface area (Å²) in [5.41, 5.74) is -6.58. The van der Waals surface area contributed by atoms with Crippen molar-refractivity contribution in [1.82, 2.24) is 0 Å². The first-order valence-electron chi connectivity index (χ1n) is 8.13. The molecule has 25 heavy (non-hydrogen) atoms. The summed E-state index contributed by atoms with van der Waals surface area (Å²) in [4.78, 5) is 0. The fourth-order valence-corrected chi connectivity index (χ4v) is 2.69. The molecule has 10 heteroatoms. The molecule has 0 aromatic carbocycles. The third-order valence-electron chi connectivity index (χ3n) is 4.59. The van der Waals surface area contributed by atoms with Crippen LogP contribution in [0.15, 0.2) is 0 Å². The van der Waals surface area contributed by atoms with Gasteiger partial charge in [-0.25, -0.2) is 0 Å². The van der Waals surface area contributed by atoms with Crippen LogP contribution in [-0.2, 0) is 9.47 Å². The molecule has 0 aliphatic heterocycles. The van der Waals surface area contributed by atoms with Gasteiger partial charge in [0.15, 0.2) is 0 Å². The van der Waals surface area contributed by atoms with Gasteiger partial charge in [0.05, 0.1) is 45.1 Å². The van der Waals surface area contributed by atoms with Crippen LogP contribution in [0.3, 0.4) is 0 Å². The quantitative estimate of drug-likeness (QED) is 0.125. The molecular formula is C15H32O10. The molecule has 8 N–H and O–H groups in total. The highest BCUT2D eigenvalue weighted by molar-refractivity contribution is 5.11. The molecule has 0 fully saturated rings. The largest absolute Gasteiger partial charge is 0.396 e. The van der Waals surface area contributed by atoms with Crippen molar-refractivity contribution >= 4 is 0 Å². The Morgan fingerprint density at radius 1 is 0.600 bits per heavy atom. The Balaban J connectivity index is 5.22. The van der Waals surface area contributed by atoms with Crippen molar-refractivity contribution in [3.63, 3.8) is 0 Å². The molecule has 0 saturated carbocycles. The van der Waals surface area contributed by atoms with Crippen LogP contribution >= 0.6 is 0 Å². The number of aliphatic hydroxyl groups is 8. The van der Waals surface area contributed by atoms with Crippen LogP contribution in [0.1, 0.15) is 12.8 Å². The van der Waals surface area contributed by atoms with E-state index in [9.17, 15) is 35.7 Å². The Hall–Kier alpha value is -0.400. The molecular weight excluding hydrogens is 340 g/mol. The van der Waals surface area contributed by atoms with Crippen LogP contribution in [0.5, 0.6) is 0 Å². The minimum Gasteiger partial charge on any atom is -0.396 e. The molecule has 0 heterocycles. The zero-order valence-corrected chi connectivity index (χ0v) is 14.4. The second kappa shape index (κ2) is 12.1. The molecule has 0 radical (unpaired) electrons. The van der Waals surface area contributed by atoms with Gasteiger partial charge < -0.3 is 50.3 Å². The molecule has 10 nitrogen and oxygen atoms in total. The van der Waals surface area contributed by atoms with Crippen molar-refractivity contribution in [2.75, 3.05) is 66.1 Å². The summed E-state index contributed by atoms with van der Waals surface area (Å²) in [5, 5.41) is 77.1. The molecule has 0 rings (SSSR count). The predicted molar refractivity (Wildman–Crippen MR) is 85.7 cm³/mol. The number of ether oxygens (including phenoxy) is 2. The Morgan fingerprint density at radius 2 is 1.12 bits per heavy atom. The normalized spacial score (nSPS) is 13.4. The molecule has 0 unspecified atom stereocenters. The SMILES string of the molecule is OCCCOCCCOC(CO)(CO)C(CO)(CO)C(O)(CO)CO. The van der Waals surface area contributed by atoms with Gasteiger partial charge in [0.1, 0.15) is 11.2 Å². The van der Waals surface area contributed by atoms with Crippen molar-refractivity contribution in [2.24, 2.45) is 5.41 Å². The average molecular weight is 372 g/mol. The van der Waals surface area contributed by atoms with E-state index in [4.69, 9.17) is 14.6 Å². The zero-order chi connectivity index (χ0) is 19.4. The first-order chi connectivity index (χ1) is 11.9. The van der Waals surface area contributed by atoms with Crippen molar-refractivity contribution in [2.45, 2.75) is 24.0 Å². The van der Waals surface area contributed by atoms with Gasteiger partial charge in [-0.2, -0.15) is 0 Å². The van der Waals surface area contributed by atoms with Crippen LogP contribution in [0.4, 0.5) is 0 Å². The molecule has 0 saturated heterocycles. The van der Waals surface area contributed by atoms with Gasteiger partial charge in [-0.05, 0) is 12.8 Å². The molecule has 0 bridgehead atoms. The molecule has 0 aliphatic rings. The second-order valence-corrected chi connectivity index (χ2v) is 5.95. The average Bonchev–Trinajstić information content (AvgIpc) is 2.66. The molecule has 0 spiro atoms. The van der Waals surface area contributed by atoms with E-state index in [1.165, 1.54) is 0 Å². The maximum atomic E-state index is 10.5. The van der Waals surface area contributed by atoms with Crippen molar-refractivity contribution in [3.05, 3.63) is 0 Å². The Labute approximate surface area is 146 Å². The Morgan fingerprint density at radius 3 is 1.52 bits per heavy atom. The smallest absolute Gasteiger partial charge is 0.127 e. The first kappa shape index (κ1) is 24.6. The van der Waals surface area contributed by atoms with Gasteiger partial charge in [-0.3, -0.25) is 0 Å². The van der Waals surface area contributed by atoms with E-state index >= 15 is 0 Å². The highest BCUT2D eigenvalue weighted by Gasteiger charge is 2.63. The third-order valence-corrected chi connectivity index (χ3v) is 4.59. The molecule has 0 aliphatic carbocycles. The lowest BCUT2D eigenvalue weighted by Crippen LogP contribution is -2.72. The first-order valence-corrected chi connectivity index (χ1v) is 8.13. The van der Waals surface area contributed by atoms with Gasteiger partial charge >= 0.3 is 0 Å². The van der Waals surface area contributed by atoms with Gasteiger partial charge in [0, 0.05) is 26.4 Å². The Kier molecular flexibility index (Phi) is 11.9. The standard InChI is InChI=1S/C15H32O10/c16-3-1-4-24-5-2-6-25-15(11-21,12-22)13(7-17,8-18)14(23,9-19)10-20/h16-23H,1-12H2. The van der Waals surface area contributed by atoms with Crippen LogP contribution in [0, 0.1) is 5.41 Å². The molecule has 0 aromatic heterocycles. The Bertz CT molecular complexity index is 326. The van der Waals surface area contributed by atoms with Crippen LogP contribution in [0.25, 0.3) is 0 Å². The lowest BCUT2D eigenvalue weighted by Gasteiger charge is -2.53. The number of hydrogen-bond donors (Lipinski definition) is 8. The van der Waals surface area contributed by atoms with E-state index in [1.807, 2.05) is 0 Å². The van der Waals surface area contributed by atoms with E-state index < -0.39 is 56.3 Å². The second-order valence-electron chi connectivity index (χ2n) is 5.95. The van der Waals surface area contributed by atoms with Gasteiger partial charge in [-0.15, -0.1) is 0 Å². The van der Waals surface area contributed by atoms with Crippen molar-refractivity contribution in [3.8, 4) is 0 Å². The molecule has 0 atom stereocenters. The number of aliphatic hydroxyl groups excluding tert-OH is 7. The monoisotopic (exact) mass is 372 g/mol. The summed E-state index contributed by atoms with van der Waals surface area (Å²) in [6.07, 6.45) is 0.813. The van der Waals surface area contributed by atoms with Crippen LogP contribution < -0.4 is 0 Å². The van der Waals surface area contributed by atoms with Crippen LogP contribution in [-0.4, -0.2) is 118 Å². The van der Waals surface area contributed by atoms with E-state index in [0.717, 1.165) is 0 Å². The summed E-state index contributed by atoms with van der Waals surface area (Å²) in [5.74, 6) is 0. The van der Waals surface area contributed by atoms with Crippen molar-refractivity contribution in [1.29, 1.82) is 0 Å².